The molecule has 0 radical (unpaired) electrons. The molecule has 5 heteroatoms. The second kappa shape index (κ2) is 9.83. The number of para-hydroxylation sites is 1. The van der Waals surface area contributed by atoms with Crippen LogP contribution in [0.25, 0.3) is 10.9 Å². The number of fused-ring (bicyclic) bond motifs is 1. The largest absolute Gasteiger partial charge is 0.312 e. The first kappa shape index (κ1) is 20.5. The maximum atomic E-state index is 4.95. The lowest BCUT2D eigenvalue weighted by Gasteiger charge is -2.12. The van der Waals surface area contributed by atoms with Gasteiger partial charge in [-0.2, -0.15) is 0 Å². The molecule has 0 aliphatic rings. The second-order valence-electron chi connectivity index (χ2n) is 7.41. The van der Waals surface area contributed by atoms with E-state index < -0.39 is 0 Å². The molecule has 0 amide bonds. The summed E-state index contributed by atoms with van der Waals surface area (Å²) in [6.45, 7) is 5.64. The molecule has 4 aromatic rings. The third-order valence-corrected chi connectivity index (χ3v) is 5.96. The molecule has 0 aliphatic carbocycles. The summed E-state index contributed by atoms with van der Waals surface area (Å²) in [4.78, 5) is 14.0. The summed E-state index contributed by atoms with van der Waals surface area (Å²) < 4.78 is 0. The van der Waals surface area contributed by atoms with Crippen molar-refractivity contribution in [1.29, 1.82) is 0 Å². The van der Waals surface area contributed by atoms with Crippen molar-refractivity contribution in [2.24, 2.45) is 0 Å². The zero-order chi connectivity index (χ0) is 20.8. The van der Waals surface area contributed by atoms with E-state index in [-0.39, 0.29) is 0 Å². The fraction of sp³-hybridized carbons (Fsp3) is 0.240. The first-order valence-corrected chi connectivity index (χ1v) is 11.2. The molecule has 30 heavy (non-hydrogen) atoms. The van der Waals surface area contributed by atoms with Crippen LogP contribution in [0, 0.1) is 13.8 Å². The molecule has 2 heterocycles. The maximum absolute atomic E-state index is 4.95. The predicted octanol–water partition coefficient (Wildman–Crippen LogP) is 5.27. The van der Waals surface area contributed by atoms with Gasteiger partial charge in [-0.25, -0.2) is 15.0 Å². The molecular weight excluding hydrogens is 388 g/mol. The Morgan fingerprint density at radius 2 is 1.57 bits per heavy atom. The molecule has 0 saturated heterocycles. The summed E-state index contributed by atoms with van der Waals surface area (Å²) in [5, 5.41) is 5.83. The quantitative estimate of drug-likeness (QED) is 0.315. The Kier molecular flexibility index (Phi) is 6.72. The highest BCUT2D eigenvalue weighted by Crippen LogP contribution is 2.27. The van der Waals surface area contributed by atoms with E-state index in [9.17, 15) is 0 Å². The normalized spacial score (nSPS) is 11.1. The molecular formula is C25H26N4S. The fourth-order valence-electron chi connectivity index (χ4n) is 3.45. The van der Waals surface area contributed by atoms with Crippen LogP contribution in [-0.4, -0.2) is 21.5 Å². The topological polar surface area (TPSA) is 50.7 Å². The van der Waals surface area contributed by atoms with Crippen molar-refractivity contribution >= 4 is 22.7 Å². The minimum absolute atomic E-state index is 0.778. The molecule has 0 saturated carbocycles. The van der Waals surface area contributed by atoms with Crippen molar-refractivity contribution in [3.05, 3.63) is 95.1 Å². The van der Waals surface area contributed by atoms with Crippen LogP contribution in [-0.2, 0) is 18.7 Å². The first-order chi connectivity index (χ1) is 14.7. The summed E-state index contributed by atoms with van der Waals surface area (Å²) in [6, 6.07) is 23.1. The van der Waals surface area contributed by atoms with Gasteiger partial charge in [0.25, 0.3) is 0 Å². The van der Waals surface area contributed by atoms with Crippen LogP contribution in [0.5, 0.6) is 0 Å². The van der Waals surface area contributed by atoms with Crippen LogP contribution >= 0.6 is 11.8 Å². The third-order valence-electron chi connectivity index (χ3n) is 4.85. The van der Waals surface area contributed by atoms with E-state index in [4.69, 9.17) is 4.98 Å². The van der Waals surface area contributed by atoms with Gasteiger partial charge in [0, 0.05) is 42.0 Å². The van der Waals surface area contributed by atoms with Gasteiger partial charge in [-0.1, -0.05) is 48.5 Å². The number of hydrogen-bond acceptors (Lipinski definition) is 5. The number of aryl methyl sites for hydroxylation is 2. The zero-order valence-electron chi connectivity index (χ0n) is 17.4. The Bertz CT molecular complexity index is 1110. The maximum Gasteiger partial charge on any atom is 0.130 e. The smallest absolute Gasteiger partial charge is 0.130 e. The van der Waals surface area contributed by atoms with Crippen LogP contribution in [0.15, 0.2) is 71.8 Å². The SMILES string of the molecule is Cc1cc(C)nc(CCNCc2cc3ccccc3nc2SCc2ccccc2)n1. The Labute approximate surface area is 182 Å². The lowest BCUT2D eigenvalue weighted by atomic mass is 10.1. The van der Waals surface area contributed by atoms with Crippen LogP contribution < -0.4 is 5.32 Å². The van der Waals surface area contributed by atoms with E-state index in [1.54, 1.807) is 11.8 Å². The number of hydrogen-bond donors (Lipinski definition) is 1. The van der Waals surface area contributed by atoms with Gasteiger partial charge in [-0.3, -0.25) is 0 Å². The monoisotopic (exact) mass is 414 g/mol. The second-order valence-corrected chi connectivity index (χ2v) is 8.38. The number of nitrogens with zero attached hydrogens (tertiary/aromatic N) is 3. The number of aromatic nitrogens is 3. The number of benzene rings is 2. The van der Waals surface area contributed by atoms with Gasteiger partial charge in [0.2, 0.25) is 0 Å². The number of pyridine rings is 1. The van der Waals surface area contributed by atoms with Crippen LogP contribution in [0.2, 0.25) is 0 Å². The molecule has 0 fully saturated rings. The Balaban J connectivity index is 1.45. The van der Waals surface area contributed by atoms with E-state index in [2.05, 4.69) is 69.9 Å². The van der Waals surface area contributed by atoms with Gasteiger partial charge in [-0.15, -0.1) is 11.8 Å². The van der Waals surface area contributed by atoms with E-state index in [1.807, 2.05) is 26.0 Å². The molecule has 0 atom stereocenters. The highest BCUT2D eigenvalue weighted by molar-refractivity contribution is 7.98. The summed E-state index contributed by atoms with van der Waals surface area (Å²) in [5.74, 6) is 1.81. The van der Waals surface area contributed by atoms with Crippen molar-refractivity contribution in [2.75, 3.05) is 6.54 Å². The van der Waals surface area contributed by atoms with Gasteiger partial charge in [0.1, 0.15) is 10.9 Å². The van der Waals surface area contributed by atoms with Crippen LogP contribution in [0.4, 0.5) is 0 Å². The molecule has 2 aromatic heterocycles. The van der Waals surface area contributed by atoms with Crippen molar-refractivity contribution < 1.29 is 0 Å². The number of nitrogens with one attached hydrogen (secondary N) is 1. The average molecular weight is 415 g/mol. The van der Waals surface area contributed by atoms with E-state index >= 15 is 0 Å². The molecule has 0 bridgehead atoms. The minimum Gasteiger partial charge on any atom is -0.312 e. The van der Waals surface area contributed by atoms with Gasteiger partial charge in [-0.05, 0) is 43.2 Å². The van der Waals surface area contributed by atoms with Gasteiger partial charge in [0.05, 0.1) is 5.52 Å². The highest BCUT2D eigenvalue weighted by Gasteiger charge is 2.09. The summed E-state index contributed by atoms with van der Waals surface area (Å²) in [7, 11) is 0. The third kappa shape index (κ3) is 5.43. The molecule has 152 valence electrons. The lowest BCUT2D eigenvalue weighted by Crippen LogP contribution is -2.18. The first-order valence-electron chi connectivity index (χ1n) is 10.2. The molecule has 0 unspecified atom stereocenters. The standard InChI is InChI=1S/C25H26N4S/c1-18-14-19(2)28-24(27-18)12-13-26-16-22-15-21-10-6-7-11-23(21)29-25(22)30-17-20-8-4-3-5-9-20/h3-11,14-15,26H,12-13,16-17H2,1-2H3. The van der Waals surface area contributed by atoms with Gasteiger partial charge < -0.3 is 5.32 Å². The highest BCUT2D eigenvalue weighted by atomic mass is 32.2. The van der Waals surface area contributed by atoms with Crippen molar-refractivity contribution in [1.82, 2.24) is 20.3 Å². The molecule has 1 N–H and O–H groups in total. The molecule has 4 rings (SSSR count). The van der Waals surface area contributed by atoms with Crippen molar-refractivity contribution in [3.63, 3.8) is 0 Å². The van der Waals surface area contributed by atoms with E-state index in [1.165, 1.54) is 16.5 Å². The van der Waals surface area contributed by atoms with Gasteiger partial charge in [0.15, 0.2) is 0 Å². The fourth-order valence-corrected chi connectivity index (χ4v) is 4.43. The zero-order valence-corrected chi connectivity index (χ0v) is 18.2. The van der Waals surface area contributed by atoms with E-state index in [0.717, 1.165) is 53.0 Å². The Morgan fingerprint density at radius 1 is 0.833 bits per heavy atom. The van der Waals surface area contributed by atoms with Crippen LogP contribution in [0.3, 0.4) is 0 Å². The van der Waals surface area contributed by atoms with Crippen LogP contribution in [0.1, 0.15) is 28.3 Å². The van der Waals surface area contributed by atoms with Crippen molar-refractivity contribution in [3.8, 4) is 0 Å². The number of rotatable bonds is 8. The van der Waals surface area contributed by atoms with Gasteiger partial charge >= 0.3 is 0 Å². The molecule has 4 nitrogen and oxygen atoms in total. The Morgan fingerprint density at radius 3 is 2.37 bits per heavy atom. The summed E-state index contributed by atoms with van der Waals surface area (Å²) in [5.41, 5.74) is 5.63. The molecule has 2 aromatic carbocycles. The average Bonchev–Trinajstić information content (AvgIpc) is 2.75. The minimum atomic E-state index is 0.778. The van der Waals surface area contributed by atoms with E-state index in [0.29, 0.717) is 0 Å². The molecule has 0 aliphatic heterocycles. The summed E-state index contributed by atoms with van der Waals surface area (Å²) in [6.07, 6.45) is 0.815. The Hall–Kier alpha value is -2.76. The lowest BCUT2D eigenvalue weighted by molar-refractivity contribution is 0.659. The molecule has 0 spiro atoms. The predicted molar refractivity (Wildman–Crippen MR) is 125 cm³/mol. The van der Waals surface area contributed by atoms with Crippen molar-refractivity contribution in [2.45, 2.75) is 37.6 Å². The number of thioether (sulfide) groups is 1. The summed E-state index contributed by atoms with van der Waals surface area (Å²) >= 11 is 1.80.